The number of halogens is 1. The SMILES string of the molecule is CC(C)n1ncc2c(C(=O)N3CC4CCC(N)C4C3)cc(-c3ccccc3)nc21.Cl. The normalized spacial score (nSPS) is 23.1. The largest absolute Gasteiger partial charge is 0.338 e. The van der Waals surface area contributed by atoms with E-state index in [2.05, 4.69) is 18.9 Å². The molecule has 3 heterocycles. The van der Waals surface area contributed by atoms with Crippen LogP contribution in [0.2, 0.25) is 0 Å². The summed E-state index contributed by atoms with van der Waals surface area (Å²) in [4.78, 5) is 20.4. The van der Waals surface area contributed by atoms with E-state index in [0.29, 0.717) is 17.4 Å². The Bertz CT molecular complexity index is 1060. The molecule has 2 fully saturated rings. The second-order valence-electron chi connectivity index (χ2n) is 8.72. The molecular formula is C23H28ClN5O. The van der Waals surface area contributed by atoms with E-state index < -0.39 is 0 Å². The minimum Gasteiger partial charge on any atom is -0.338 e. The van der Waals surface area contributed by atoms with Gasteiger partial charge >= 0.3 is 0 Å². The first-order valence-electron chi connectivity index (χ1n) is 10.5. The van der Waals surface area contributed by atoms with Crippen molar-refractivity contribution in [2.24, 2.45) is 17.6 Å². The molecule has 6 nitrogen and oxygen atoms in total. The molecule has 1 saturated heterocycles. The molecule has 3 atom stereocenters. The summed E-state index contributed by atoms with van der Waals surface area (Å²) < 4.78 is 1.90. The molecule has 2 N–H and O–H groups in total. The Kier molecular flexibility index (Phi) is 5.55. The summed E-state index contributed by atoms with van der Waals surface area (Å²) in [5.41, 5.74) is 9.55. The topological polar surface area (TPSA) is 77.0 Å². The van der Waals surface area contributed by atoms with Gasteiger partial charge < -0.3 is 10.6 Å². The van der Waals surface area contributed by atoms with Crippen LogP contribution in [0.25, 0.3) is 22.3 Å². The lowest BCUT2D eigenvalue weighted by molar-refractivity contribution is 0.0781. The molecule has 1 aliphatic carbocycles. The Hall–Kier alpha value is -2.44. The fourth-order valence-electron chi connectivity index (χ4n) is 4.97. The fraction of sp³-hybridized carbons (Fsp3) is 0.435. The van der Waals surface area contributed by atoms with Crippen molar-refractivity contribution in [3.05, 3.63) is 48.2 Å². The predicted molar refractivity (Wildman–Crippen MR) is 121 cm³/mol. The van der Waals surface area contributed by atoms with Crippen molar-refractivity contribution in [3.8, 4) is 11.3 Å². The summed E-state index contributed by atoms with van der Waals surface area (Å²) in [7, 11) is 0. The summed E-state index contributed by atoms with van der Waals surface area (Å²) in [5, 5.41) is 5.36. The van der Waals surface area contributed by atoms with Crippen molar-refractivity contribution < 1.29 is 4.79 Å². The van der Waals surface area contributed by atoms with E-state index in [9.17, 15) is 4.79 Å². The Morgan fingerprint density at radius 2 is 1.93 bits per heavy atom. The highest BCUT2D eigenvalue weighted by Gasteiger charge is 2.43. The Morgan fingerprint density at radius 1 is 1.17 bits per heavy atom. The number of hydrogen-bond acceptors (Lipinski definition) is 4. The maximum absolute atomic E-state index is 13.6. The van der Waals surface area contributed by atoms with Gasteiger partial charge in [-0.3, -0.25) is 4.79 Å². The van der Waals surface area contributed by atoms with E-state index in [-0.39, 0.29) is 30.4 Å². The first kappa shape index (κ1) is 20.8. The number of benzene rings is 1. The minimum atomic E-state index is 0. The quantitative estimate of drug-likeness (QED) is 0.690. The summed E-state index contributed by atoms with van der Waals surface area (Å²) in [5.74, 6) is 1.04. The van der Waals surface area contributed by atoms with Gasteiger partial charge in [0.15, 0.2) is 5.65 Å². The van der Waals surface area contributed by atoms with Crippen molar-refractivity contribution in [2.45, 2.75) is 38.8 Å². The van der Waals surface area contributed by atoms with Crippen LogP contribution in [-0.4, -0.2) is 44.7 Å². The first-order valence-corrected chi connectivity index (χ1v) is 10.5. The molecule has 1 aliphatic heterocycles. The molecule has 3 aromatic rings. The number of fused-ring (bicyclic) bond motifs is 2. The molecular weight excluding hydrogens is 398 g/mol. The monoisotopic (exact) mass is 425 g/mol. The second kappa shape index (κ2) is 8.00. The van der Waals surface area contributed by atoms with Crippen molar-refractivity contribution in [2.75, 3.05) is 13.1 Å². The molecule has 5 rings (SSSR count). The molecule has 0 radical (unpaired) electrons. The average Bonchev–Trinajstić information content (AvgIpc) is 3.43. The molecule has 158 valence electrons. The van der Waals surface area contributed by atoms with Gasteiger partial charge in [0.05, 0.1) is 22.8 Å². The lowest BCUT2D eigenvalue weighted by Gasteiger charge is -2.20. The van der Waals surface area contributed by atoms with Gasteiger partial charge in [0, 0.05) is 30.7 Å². The van der Waals surface area contributed by atoms with Crippen molar-refractivity contribution >= 4 is 29.3 Å². The zero-order chi connectivity index (χ0) is 20.1. The molecule has 1 amide bonds. The fourth-order valence-corrected chi connectivity index (χ4v) is 4.97. The lowest BCUT2D eigenvalue weighted by atomic mass is 9.98. The van der Waals surface area contributed by atoms with Gasteiger partial charge in [-0.15, -0.1) is 12.4 Å². The van der Waals surface area contributed by atoms with Gasteiger partial charge in [0.1, 0.15) is 0 Å². The molecule has 7 heteroatoms. The summed E-state index contributed by atoms with van der Waals surface area (Å²) in [6.07, 6.45) is 3.99. The number of aromatic nitrogens is 3. The maximum Gasteiger partial charge on any atom is 0.254 e. The third-order valence-corrected chi connectivity index (χ3v) is 6.56. The van der Waals surface area contributed by atoms with Crippen LogP contribution < -0.4 is 5.73 Å². The van der Waals surface area contributed by atoms with Gasteiger partial charge in [-0.25, -0.2) is 9.67 Å². The standard InChI is InChI=1S/C23H27N5O.ClH/c1-14(2)28-22-18(11-25-28)17(10-21(26-22)15-6-4-3-5-7-15)23(29)27-12-16-8-9-20(24)19(16)13-27;/h3-7,10-11,14,16,19-20H,8-9,12-13,24H2,1-2H3;1H. The van der Waals surface area contributed by atoms with Crippen LogP contribution in [0, 0.1) is 11.8 Å². The lowest BCUT2D eigenvalue weighted by Crippen LogP contribution is -2.33. The van der Waals surface area contributed by atoms with Crippen LogP contribution in [-0.2, 0) is 0 Å². The number of nitrogens with two attached hydrogens (primary N) is 1. The van der Waals surface area contributed by atoms with Crippen LogP contribution in [0.4, 0.5) is 0 Å². The number of pyridine rings is 1. The van der Waals surface area contributed by atoms with E-state index >= 15 is 0 Å². The van der Waals surface area contributed by atoms with E-state index in [4.69, 9.17) is 10.7 Å². The molecule has 2 aromatic heterocycles. The third kappa shape index (κ3) is 3.38. The number of likely N-dealkylation sites (tertiary alicyclic amines) is 1. The number of hydrogen-bond donors (Lipinski definition) is 1. The Labute approximate surface area is 182 Å². The molecule has 0 bridgehead atoms. The zero-order valence-corrected chi connectivity index (χ0v) is 18.2. The molecule has 0 spiro atoms. The number of nitrogens with zero attached hydrogens (tertiary/aromatic N) is 4. The maximum atomic E-state index is 13.6. The number of carbonyl (C=O) groups excluding carboxylic acids is 1. The third-order valence-electron chi connectivity index (χ3n) is 6.56. The molecule has 1 saturated carbocycles. The minimum absolute atomic E-state index is 0. The second-order valence-corrected chi connectivity index (χ2v) is 8.72. The van der Waals surface area contributed by atoms with Crippen LogP contribution in [0.3, 0.4) is 0 Å². The Morgan fingerprint density at radius 3 is 2.63 bits per heavy atom. The van der Waals surface area contributed by atoms with Crippen LogP contribution >= 0.6 is 12.4 Å². The van der Waals surface area contributed by atoms with Gasteiger partial charge in [-0.05, 0) is 44.6 Å². The van der Waals surface area contributed by atoms with Crippen molar-refractivity contribution in [1.82, 2.24) is 19.7 Å². The van der Waals surface area contributed by atoms with Crippen molar-refractivity contribution in [3.63, 3.8) is 0 Å². The molecule has 30 heavy (non-hydrogen) atoms. The van der Waals surface area contributed by atoms with Gasteiger partial charge in [-0.2, -0.15) is 5.10 Å². The highest BCUT2D eigenvalue weighted by molar-refractivity contribution is 6.06. The van der Waals surface area contributed by atoms with E-state index in [1.165, 1.54) is 0 Å². The molecule has 2 aliphatic rings. The summed E-state index contributed by atoms with van der Waals surface area (Å²) in [6, 6.07) is 12.3. The zero-order valence-electron chi connectivity index (χ0n) is 17.4. The predicted octanol–water partition coefficient (Wildman–Crippen LogP) is 3.91. The summed E-state index contributed by atoms with van der Waals surface area (Å²) >= 11 is 0. The van der Waals surface area contributed by atoms with Gasteiger partial charge in [0.25, 0.3) is 5.91 Å². The van der Waals surface area contributed by atoms with Crippen LogP contribution in [0.5, 0.6) is 0 Å². The van der Waals surface area contributed by atoms with Gasteiger partial charge in [0.2, 0.25) is 0 Å². The highest BCUT2D eigenvalue weighted by Crippen LogP contribution is 2.38. The molecule has 1 aromatic carbocycles. The van der Waals surface area contributed by atoms with E-state index in [0.717, 1.165) is 48.2 Å². The molecule has 3 unspecified atom stereocenters. The van der Waals surface area contributed by atoms with E-state index in [1.54, 1.807) is 6.20 Å². The van der Waals surface area contributed by atoms with Gasteiger partial charge in [-0.1, -0.05) is 30.3 Å². The number of rotatable bonds is 3. The average molecular weight is 426 g/mol. The Balaban J connectivity index is 0.00000218. The summed E-state index contributed by atoms with van der Waals surface area (Å²) in [6.45, 7) is 5.72. The number of amides is 1. The van der Waals surface area contributed by atoms with Crippen LogP contribution in [0.15, 0.2) is 42.6 Å². The smallest absolute Gasteiger partial charge is 0.254 e. The van der Waals surface area contributed by atoms with E-state index in [1.807, 2.05) is 46.0 Å². The van der Waals surface area contributed by atoms with Crippen LogP contribution in [0.1, 0.15) is 43.1 Å². The highest BCUT2D eigenvalue weighted by atomic mass is 35.5. The van der Waals surface area contributed by atoms with Crippen molar-refractivity contribution in [1.29, 1.82) is 0 Å². The number of carbonyl (C=O) groups is 1. The first-order chi connectivity index (χ1) is 14.0.